The number of rotatable bonds is 2. The van der Waals surface area contributed by atoms with Gasteiger partial charge in [-0.1, -0.05) is 0 Å². The summed E-state index contributed by atoms with van der Waals surface area (Å²) >= 11 is 3.18. The second-order valence-corrected chi connectivity index (χ2v) is 3.71. The van der Waals surface area contributed by atoms with Crippen molar-refractivity contribution in [1.29, 1.82) is 0 Å². The number of benzene rings is 1. The molecule has 1 aromatic carbocycles. The van der Waals surface area contributed by atoms with Gasteiger partial charge in [0.15, 0.2) is 5.82 Å². The molecule has 82 valence electrons. The van der Waals surface area contributed by atoms with E-state index in [9.17, 15) is 8.78 Å². The van der Waals surface area contributed by atoms with E-state index in [2.05, 4.69) is 25.9 Å². The van der Waals surface area contributed by atoms with Crippen molar-refractivity contribution in [2.75, 3.05) is 0 Å². The maximum atomic E-state index is 12.9. The minimum atomic E-state index is -0.564. The van der Waals surface area contributed by atoms with Gasteiger partial charge in [0.25, 0.3) is 0 Å². The highest BCUT2D eigenvalue weighted by Crippen LogP contribution is 2.28. The minimum absolute atomic E-state index is 0.0484. The highest BCUT2D eigenvalue weighted by Gasteiger charge is 2.06. The summed E-state index contributed by atoms with van der Waals surface area (Å²) in [5.41, 5.74) is 0. The van der Waals surface area contributed by atoms with E-state index in [0.717, 1.165) is 12.4 Å². The summed E-state index contributed by atoms with van der Waals surface area (Å²) in [6, 6.07) is 3.90. The van der Waals surface area contributed by atoms with Gasteiger partial charge >= 0.3 is 6.01 Å². The second kappa shape index (κ2) is 4.52. The van der Waals surface area contributed by atoms with E-state index in [0.29, 0.717) is 4.47 Å². The van der Waals surface area contributed by atoms with E-state index in [4.69, 9.17) is 4.74 Å². The van der Waals surface area contributed by atoms with Gasteiger partial charge in [0.05, 0.1) is 16.9 Å². The third-order valence-corrected chi connectivity index (χ3v) is 2.35. The molecule has 0 bridgehead atoms. The van der Waals surface area contributed by atoms with Crippen LogP contribution in [0.2, 0.25) is 0 Å². The first-order valence-corrected chi connectivity index (χ1v) is 5.05. The van der Waals surface area contributed by atoms with Crippen LogP contribution >= 0.6 is 15.9 Å². The summed E-state index contributed by atoms with van der Waals surface area (Å²) in [6.45, 7) is 0. The molecule has 0 spiro atoms. The molecule has 0 atom stereocenters. The van der Waals surface area contributed by atoms with Crippen LogP contribution in [0.15, 0.2) is 35.1 Å². The zero-order chi connectivity index (χ0) is 11.5. The molecule has 0 radical (unpaired) electrons. The molecule has 0 aliphatic heterocycles. The average Bonchev–Trinajstić information content (AvgIpc) is 2.27. The summed E-state index contributed by atoms with van der Waals surface area (Å²) in [5.74, 6) is -0.780. The van der Waals surface area contributed by atoms with Gasteiger partial charge in [-0.05, 0) is 28.1 Å². The number of halogens is 3. The predicted molar refractivity (Wildman–Crippen MR) is 56.2 cm³/mol. The Balaban J connectivity index is 2.26. The predicted octanol–water partition coefficient (Wildman–Crippen LogP) is 3.31. The van der Waals surface area contributed by atoms with Crippen LogP contribution in [0.1, 0.15) is 0 Å². The molecule has 0 saturated carbocycles. The third kappa shape index (κ3) is 2.52. The summed E-state index contributed by atoms with van der Waals surface area (Å²) in [6.07, 6.45) is 1.94. The summed E-state index contributed by atoms with van der Waals surface area (Å²) in [5, 5.41) is 0. The molecular weight excluding hydrogens is 282 g/mol. The molecule has 0 N–H and O–H groups in total. The Morgan fingerprint density at radius 3 is 2.44 bits per heavy atom. The normalized spacial score (nSPS) is 10.2. The molecular formula is C10H5BrF2N2O. The highest BCUT2D eigenvalue weighted by molar-refractivity contribution is 9.10. The molecule has 1 heterocycles. The third-order valence-electron chi connectivity index (χ3n) is 1.69. The fraction of sp³-hybridized carbons (Fsp3) is 0. The van der Waals surface area contributed by atoms with Gasteiger partial charge in [-0.3, -0.25) is 0 Å². The molecule has 0 aliphatic carbocycles. The van der Waals surface area contributed by atoms with Crippen molar-refractivity contribution < 1.29 is 13.5 Å². The zero-order valence-electron chi connectivity index (χ0n) is 7.82. The number of hydrogen-bond acceptors (Lipinski definition) is 3. The van der Waals surface area contributed by atoms with E-state index in [1.165, 1.54) is 18.2 Å². The molecule has 0 aliphatic rings. The van der Waals surface area contributed by atoms with E-state index >= 15 is 0 Å². The van der Waals surface area contributed by atoms with Gasteiger partial charge in [-0.25, -0.2) is 18.7 Å². The second-order valence-electron chi connectivity index (χ2n) is 2.86. The van der Waals surface area contributed by atoms with E-state index in [-0.39, 0.29) is 11.8 Å². The first-order chi connectivity index (χ1) is 7.65. The molecule has 0 amide bonds. The lowest BCUT2D eigenvalue weighted by Crippen LogP contribution is -1.93. The Labute approximate surface area is 98.2 Å². The van der Waals surface area contributed by atoms with Crippen LogP contribution in [0, 0.1) is 11.6 Å². The van der Waals surface area contributed by atoms with Crippen LogP contribution in [-0.4, -0.2) is 9.97 Å². The summed E-state index contributed by atoms with van der Waals surface area (Å²) < 4.78 is 31.2. The Kier molecular flexibility index (Phi) is 3.09. The van der Waals surface area contributed by atoms with E-state index < -0.39 is 11.6 Å². The van der Waals surface area contributed by atoms with Crippen LogP contribution in [0.25, 0.3) is 0 Å². The van der Waals surface area contributed by atoms with Crippen molar-refractivity contribution >= 4 is 15.9 Å². The van der Waals surface area contributed by atoms with Crippen molar-refractivity contribution in [3.8, 4) is 11.8 Å². The number of nitrogens with zero attached hydrogens (tertiary/aromatic N) is 2. The van der Waals surface area contributed by atoms with Crippen molar-refractivity contribution in [2.24, 2.45) is 0 Å². The molecule has 2 aromatic rings. The van der Waals surface area contributed by atoms with Gasteiger partial charge in [-0.15, -0.1) is 0 Å². The molecule has 0 fully saturated rings. The highest BCUT2D eigenvalue weighted by atomic mass is 79.9. The topological polar surface area (TPSA) is 35.0 Å². The fourth-order valence-electron chi connectivity index (χ4n) is 1.01. The van der Waals surface area contributed by atoms with Gasteiger partial charge in [0, 0.05) is 6.07 Å². The Morgan fingerprint density at radius 1 is 1.06 bits per heavy atom. The Hall–Kier alpha value is -1.56. The molecule has 3 nitrogen and oxygen atoms in total. The van der Waals surface area contributed by atoms with Crippen LogP contribution in [0.4, 0.5) is 8.78 Å². The quantitative estimate of drug-likeness (QED) is 0.850. The van der Waals surface area contributed by atoms with Crippen molar-refractivity contribution in [3.05, 3.63) is 46.7 Å². The standard InChI is InChI=1S/C10H5BrF2N2O/c11-8-2-1-6(12)3-9(8)16-10-14-4-7(13)5-15-10/h1-5H. The van der Waals surface area contributed by atoms with E-state index in [1.807, 2.05) is 0 Å². The maximum absolute atomic E-state index is 12.9. The van der Waals surface area contributed by atoms with E-state index in [1.54, 1.807) is 0 Å². The zero-order valence-corrected chi connectivity index (χ0v) is 9.41. The Bertz CT molecular complexity index is 505. The lowest BCUT2D eigenvalue weighted by molar-refractivity contribution is 0.430. The monoisotopic (exact) mass is 286 g/mol. The van der Waals surface area contributed by atoms with Crippen molar-refractivity contribution in [3.63, 3.8) is 0 Å². The number of ether oxygens (including phenoxy) is 1. The fourth-order valence-corrected chi connectivity index (χ4v) is 1.33. The molecule has 1 aromatic heterocycles. The number of hydrogen-bond donors (Lipinski definition) is 0. The van der Waals surface area contributed by atoms with Gasteiger partial charge in [0.1, 0.15) is 11.6 Å². The van der Waals surface area contributed by atoms with Gasteiger partial charge < -0.3 is 4.74 Å². The smallest absolute Gasteiger partial charge is 0.322 e. The van der Waals surface area contributed by atoms with Gasteiger partial charge in [0.2, 0.25) is 0 Å². The largest absolute Gasteiger partial charge is 0.423 e. The summed E-state index contributed by atoms with van der Waals surface area (Å²) in [7, 11) is 0. The molecule has 6 heteroatoms. The van der Waals surface area contributed by atoms with Crippen LogP contribution < -0.4 is 4.74 Å². The summed E-state index contributed by atoms with van der Waals surface area (Å²) in [4.78, 5) is 7.19. The number of aromatic nitrogens is 2. The SMILES string of the molecule is Fc1cnc(Oc2cc(F)ccc2Br)nc1. The first-order valence-electron chi connectivity index (χ1n) is 4.25. The molecule has 16 heavy (non-hydrogen) atoms. The Morgan fingerprint density at radius 2 is 1.75 bits per heavy atom. The molecule has 0 saturated heterocycles. The minimum Gasteiger partial charge on any atom is -0.423 e. The van der Waals surface area contributed by atoms with Crippen LogP contribution in [0.5, 0.6) is 11.8 Å². The van der Waals surface area contributed by atoms with Gasteiger partial charge in [-0.2, -0.15) is 0 Å². The lowest BCUT2D eigenvalue weighted by Gasteiger charge is -2.05. The van der Waals surface area contributed by atoms with Crippen LogP contribution in [0.3, 0.4) is 0 Å². The van der Waals surface area contributed by atoms with Crippen molar-refractivity contribution in [1.82, 2.24) is 9.97 Å². The molecule has 0 unspecified atom stereocenters. The molecule has 2 rings (SSSR count). The van der Waals surface area contributed by atoms with Crippen molar-refractivity contribution in [2.45, 2.75) is 0 Å². The maximum Gasteiger partial charge on any atom is 0.322 e. The lowest BCUT2D eigenvalue weighted by atomic mass is 10.3. The average molecular weight is 287 g/mol. The van der Waals surface area contributed by atoms with Crippen LogP contribution in [-0.2, 0) is 0 Å². The first kappa shape index (κ1) is 10.9.